The maximum absolute atomic E-state index is 10.6. The van der Waals surface area contributed by atoms with Crippen molar-refractivity contribution in [3.63, 3.8) is 0 Å². The van der Waals surface area contributed by atoms with E-state index in [9.17, 15) is 5.11 Å². The second-order valence-electron chi connectivity index (χ2n) is 2.67. The van der Waals surface area contributed by atoms with Crippen LogP contribution in [0.15, 0.2) is 36.5 Å². The average Bonchev–Trinajstić information content (AvgIpc) is 2.17. The minimum Gasteiger partial charge on any atom is -0.851 e. The number of aromatic nitrogens is 1. The Morgan fingerprint density at radius 3 is 3.00 bits per heavy atom. The molecule has 0 saturated heterocycles. The molecule has 0 saturated carbocycles. The molecule has 0 N–H and O–H groups in total. The number of nitrogens with zero attached hydrogens (tertiary/aromatic N) is 1. The van der Waals surface area contributed by atoms with E-state index >= 15 is 0 Å². The van der Waals surface area contributed by atoms with E-state index in [1.807, 2.05) is 30.3 Å². The number of fused-ring (bicyclic) bond motifs is 1. The van der Waals surface area contributed by atoms with Crippen LogP contribution in [0.4, 0.5) is 0 Å². The van der Waals surface area contributed by atoms with E-state index in [1.54, 1.807) is 6.20 Å². The van der Waals surface area contributed by atoms with Gasteiger partial charge in [-0.25, -0.2) is 0 Å². The molecule has 0 radical (unpaired) electrons. The summed E-state index contributed by atoms with van der Waals surface area (Å²) in [6.45, 7) is -0.162. The van der Waals surface area contributed by atoms with E-state index in [0.29, 0.717) is 0 Å². The molecule has 1 aromatic heterocycles. The van der Waals surface area contributed by atoms with Crippen LogP contribution in [0.3, 0.4) is 0 Å². The third kappa shape index (κ3) is 1.17. The molecule has 1 heterocycles. The van der Waals surface area contributed by atoms with Gasteiger partial charge in [0.25, 0.3) is 0 Å². The van der Waals surface area contributed by atoms with Gasteiger partial charge in [-0.15, -0.1) is 6.61 Å². The molecule has 2 heteroatoms. The second kappa shape index (κ2) is 2.91. The second-order valence-corrected chi connectivity index (χ2v) is 2.67. The van der Waals surface area contributed by atoms with Gasteiger partial charge in [0.1, 0.15) is 0 Å². The largest absolute Gasteiger partial charge is 0.851 e. The van der Waals surface area contributed by atoms with Gasteiger partial charge in [-0.05, 0) is 12.1 Å². The number of hydrogen-bond acceptors (Lipinski definition) is 2. The summed E-state index contributed by atoms with van der Waals surface area (Å²) in [4.78, 5) is 4.15. The lowest BCUT2D eigenvalue weighted by molar-refractivity contribution is -0.386. The van der Waals surface area contributed by atoms with Crippen molar-refractivity contribution in [3.05, 3.63) is 42.1 Å². The van der Waals surface area contributed by atoms with Crippen LogP contribution in [0.1, 0.15) is 5.56 Å². The Morgan fingerprint density at radius 1 is 1.25 bits per heavy atom. The lowest BCUT2D eigenvalue weighted by Gasteiger charge is -2.04. The number of pyridine rings is 1. The zero-order chi connectivity index (χ0) is 8.39. The van der Waals surface area contributed by atoms with E-state index in [-0.39, 0.29) is 6.61 Å². The molecule has 0 bridgehead atoms. The highest BCUT2D eigenvalue weighted by Gasteiger charge is 1.91. The monoisotopic (exact) mass is 158 g/mol. The Bertz CT molecular complexity index is 398. The van der Waals surface area contributed by atoms with Crippen LogP contribution < -0.4 is 5.11 Å². The molecule has 1 aromatic carbocycles. The molecule has 0 aliphatic heterocycles. The minimum atomic E-state index is -0.162. The lowest BCUT2D eigenvalue weighted by atomic mass is 10.1. The van der Waals surface area contributed by atoms with Crippen LogP contribution in [-0.2, 0) is 6.61 Å². The molecule has 0 unspecified atom stereocenters. The van der Waals surface area contributed by atoms with E-state index < -0.39 is 0 Å². The summed E-state index contributed by atoms with van der Waals surface area (Å²) >= 11 is 0. The van der Waals surface area contributed by atoms with Gasteiger partial charge < -0.3 is 5.11 Å². The Hall–Kier alpha value is -1.41. The first-order chi connectivity index (χ1) is 5.90. The highest BCUT2D eigenvalue weighted by atomic mass is 16.3. The summed E-state index contributed by atoms with van der Waals surface area (Å²) < 4.78 is 0. The van der Waals surface area contributed by atoms with Crippen LogP contribution in [0.25, 0.3) is 10.9 Å². The quantitative estimate of drug-likeness (QED) is 0.623. The smallest absolute Gasteiger partial charge is 0.0702 e. The summed E-state index contributed by atoms with van der Waals surface area (Å²) in [5.74, 6) is 0. The van der Waals surface area contributed by atoms with Crippen LogP contribution >= 0.6 is 0 Å². The third-order valence-corrected chi connectivity index (χ3v) is 1.83. The van der Waals surface area contributed by atoms with Gasteiger partial charge >= 0.3 is 0 Å². The van der Waals surface area contributed by atoms with Gasteiger partial charge in [-0.2, -0.15) is 0 Å². The molecule has 2 rings (SSSR count). The summed E-state index contributed by atoms with van der Waals surface area (Å²) in [7, 11) is 0. The van der Waals surface area contributed by atoms with Crippen molar-refractivity contribution in [2.45, 2.75) is 6.61 Å². The maximum Gasteiger partial charge on any atom is 0.0702 e. The molecule has 12 heavy (non-hydrogen) atoms. The normalized spacial score (nSPS) is 10.4. The molecular formula is C10H8NO-. The van der Waals surface area contributed by atoms with Gasteiger partial charge in [-0.3, -0.25) is 4.98 Å². The van der Waals surface area contributed by atoms with Crippen molar-refractivity contribution >= 4 is 10.9 Å². The number of rotatable bonds is 1. The topological polar surface area (TPSA) is 36.0 Å². The SMILES string of the molecule is [O-]Cc1ccc2ncccc2c1. The fourth-order valence-corrected chi connectivity index (χ4v) is 1.21. The van der Waals surface area contributed by atoms with Gasteiger partial charge in [0.05, 0.1) is 5.52 Å². The molecular weight excluding hydrogens is 150 g/mol. The zero-order valence-corrected chi connectivity index (χ0v) is 6.53. The van der Waals surface area contributed by atoms with E-state index in [2.05, 4.69) is 4.98 Å². The van der Waals surface area contributed by atoms with Gasteiger partial charge in [0.15, 0.2) is 0 Å². The Morgan fingerprint density at radius 2 is 2.17 bits per heavy atom. The molecule has 0 amide bonds. The Balaban J connectivity index is 2.67. The molecule has 0 aliphatic carbocycles. The first-order valence-electron chi connectivity index (χ1n) is 3.82. The number of benzene rings is 1. The lowest BCUT2D eigenvalue weighted by Crippen LogP contribution is -2.01. The summed E-state index contributed by atoms with van der Waals surface area (Å²) in [6.07, 6.45) is 1.75. The van der Waals surface area contributed by atoms with Crippen molar-refractivity contribution in [1.29, 1.82) is 0 Å². The molecule has 60 valence electrons. The van der Waals surface area contributed by atoms with Crippen molar-refractivity contribution < 1.29 is 5.11 Å². The zero-order valence-electron chi connectivity index (χ0n) is 6.53. The predicted octanol–water partition coefficient (Wildman–Crippen LogP) is 1.10. The van der Waals surface area contributed by atoms with Crippen molar-refractivity contribution in [2.24, 2.45) is 0 Å². The Kier molecular flexibility index (Phi) is 1.76. The first-order valence-corrected chi connectivity index (χ1v) is 3.82. The molecule has 2 nitrogen and oxygen atoms in total. The molecule has 0 spiro atoms. The summed E-state index contributed by atoms with van der Waals surface area (Å²) in [5.41, 5.74) is 1.75. The van der Waals surface area contributed by atoms with Crippen molar-refractivity contribution in [3.8, 4) is 0 Å². The van der Waals surface area contributed by atoms with Crippen LogP contribution in [0.2, 0.25) is 0 Å². The standard InChI is InChI=1S/C10H8NO/c12-7-8-3-4-10-9(6-8)2-1-5-11-10/h1-6H,7H2/q-1. The number of hydrogen-bond donors (Lipinski definition) is 0. The molecule has 2 aromatic rings. The van der Waals surface area contributed by atoms with Crippen molar-refractivity contribution in [2.75, 3.05) is 0 Å². The third-order valence-electron chi connectivity index (χ3n) is 1.83. The molecule has 0 atom stereocenters. The van der Waals surface area contributed by atoms with Gasteiger partial charge in [0, 0.05) is 11.6 Å². The highest BCUT2D eigenvalue weighted by molar-refractivity contribution is 5.78. The van der Waals surface area contributed by atoms with Crippen LogP contribution in [-0.4, -0.2) is 4.98 Å². The fourth-order valence-electron chi connectivity index (χ4n) is 1.21. The first kappa shape index (κ1) is 7.25. The van der Waals surface area contributed by atoms with E-state index in [4.69, 9.17) is 0 Å². The van der Waals surface area contributed by atoms with E-state index in [0.717, 1.165) is 16.5 Å². The average molecular weight is 158 g/mol. The summed E-state index contributed by atoms with van der Waals surface area (Å²) in [6, 6.07) is 9.42. The molecule has 0 aliphatic rings. The van der Waals surface area contributed by atoms with Crippen molar-refractivity contribution in [1.82, 2.24) is 4.98 Å². The van der Waals surface area contributed by atoms with Crippen LogP contribution in [0, 0.1) is 0 Å². The maximum atomic E-state index is 10.6. The van der Waals surface area contributed by atoms with Gasteiger partial charge in [-0.1, -0.05) is 23.8 Å². The summed E-state index contributed by atoms with van der Waals surface area (Å²) in [5, 5.41) is 11.6. The Labute approximate surface area is 70.5 Å². The minimum absolute atomic E-state index is 0.162. The predicted molar refractivity (Wildman–Crippen MR) is 45.4 cm³/mol. The van der Waals surface area contributed by atoms with E-state index in [1.165, 1.54) is 0 Å². The molecule has 0 fully saturated rings. The van der Waals surface area contributed by atoms with Crippen LogP contribution in [0.5, 0.6) is 0 Å². The fraction of sp³-hybridized carbons (Fsp3) is 0.100. The van der Waals surface area contributed by atoms with Gasteiger partial charge in [0.2, 0.25) is 0 Å². The highest BCUT2D eigenvalue weighted by Crippen LogP contribution is 2.12.